The lowest BCUT2D eigenvalue weighted by atomic mass is 10.0. The molecule has 0 unspecified atom stereocenters. The Kier molecular flexibility index (Phi) is 4.50. The Labute approximate surface area is 114 Å². The van der Waals surface area contributed by atoms with Crippen molar-refractivity contribution < 1.29 is 4.79 Å². The summed E-state index contributed by atoms with van der Waals surface area (Å²) in [5, 5.41) is 0. The van der Waals surface area contributed by atoms with Gasteiger partial charge in [0.15, 0.2) is 0 Å². The van der Waals surface area contributed by atoms with Crippen LogP contribution in [-0.2, 0) is 6.42 Å². The maximum absolute atomic E-state index is 11.4. The number of rotatable bonds is 4. The van der Waals surface area contributed by atoms with E-state index in [-0.39, 0.29) is 0 Å². The van der Waals surface area contributed by atoms with Gasteiger partial charge in [0, 0.05) is 44.8 Å². The van der Waals surface area contributed by atoms with E-state index in [2.05, 4.69) is 28.8 Å². The molecule has 2 heterocycles. The minimum absolute atomic E-state index is 0.377. The van der Waals surface area contributed by atoms with Crippen molar-refractivity contribution in [3.05, 3.63) is 29.6 Å². The van der Waals surface area contributed by atoms with Gasteiger partial charge in [0.05, 0.1) is 11.3 Å². The second-order valence-corrected chi connectivity index (χ2v) is 5.25. The van der Waals surface area contributed by atoms with Gasteiger partial charge in [-0.05, 0) is 26.1 Å². The van der Waals surface area contributed by atoms with E-state index in [1.54, 1.807) is 18.3 Å². The highest BCUT2D eigenvalue weighted by molar-refractivity contribution is 5.93. The first-order chi connectivity index (χ1) is 9.08. The molecule has 1 atom stereocenters. The largest absolute Gasteiger partial charge is 0.366 e. The van der Waals surface area contributed by atoms with Gasteiger partial charge in [-0.3, -0.25) is 14.7 Å². The maximum atomic E-state index is 11.4. The second-order valence-electron chi connectivity index (χ2n) is 5.25. The number of nitrogens with zero attached hydrogens (tertiary/aromatic N) is 3. The van der Waals surface area contributed by atoms with E-state index in [0.29, 0.717) is 11.6 Å². The Hall–Kier alpha value is -1.46. The molecule has 5 heteroatoms. The number of hydrogen-bond donors (Lipinski definition) is 1. The Morgan fingerprint density at radius 1 is 1.42 bits per heavy atom. The first-order valence-corrected chi connectivity index (χ1v) is 6.74. The van der Waals surface area contributed by atoms with Gasteiger partial charge < -0.3 is 10.6 Å². The molecule has 1 aromatic rings. The third kappa shape index (κ3) is 3.52. The van der Waals surface area contributed by atoms with Gasteiger partial charge in [0.2, 0.25) is 0 Å². The third-order valence-corrected chi connectivity index (χ3v) is 3.81. The van der Waals surface area contributed by atoms with Crippen molar-refractivity contribution in [1.82, 2.24) is 14.8 Å². The molecule has 104 valence electrons. The van der Waals surface area contributed by atoms with E-state index in [1.165, 1.54) is 0 Å². The topological polar surface area (TPSA) is 62.5 Å². The molecule has 0 spiro atoms. The van der Waals surface area contributed by atoms with Crippen molar-refractivity contribution in [2.75, 3.05) is 33.2 Å². The van der Waals surface area contributed by atoms with Gasteiger partial charge in [0.1, 0.15) is 0 Å². The fourth-order valence-corrected chi connectivity index (χ4v) is 2.50. The number of amides is 1. The molecule has 1 amide bonds. The van der Waals surface area contributed by atoms with Crippen LogP contribution >= 0.6 is 0 Å². The molecule has 1 fully saturated rings. The fourth-order valence-electron chi connectivity index (χ4n) is 2.50. The summed E-state index contributed by atoms with van der Waals surface area (Å²) in [6.07, 6.45) is 2.49. The number of hydrogen-bond acceptors (Lipinski definition) is 4. The van der Waals surface area contributed by atoms with E-state index in [4.69, 9.17) is 5.73 Å². The van der Waals surface area contributed by atoms with Gasteiger partial charge in [-0.2, -0.15) is 0 Å². The van der Waals surface area contributed by atoms with Crippen LogP contribution in [0.2, 0.25) is 0 Å². The smallest absolute Gasteiger partial charge is 0.250 e. The minimum Gasteiger partial charge on any atom is -0.366 e. The lowest BCUT2D eigenvalue weighted by Crippen LogP contribution is -2.48. The molecule has 0 aromatic carbocycles. The van der Waals surface area contributed by atoms with E-state index < -0.39 is 5.91 Å². The molecule has 0 saturated carbocycles. The summed E-state index contributed by atoms with van der Waals surface area (Å²) in [6, 6.07) is 3.88. The Morgan fingerprint density at radius 2 is 2.11 bits per heavy atom. The van der Waals surface area contributed by atoms with Gasteiger partial charge >= 0.3 is 0 Å². The van der Waals surface area contributed by atoms with Crippen LogP contribution in [0.1, 0.15) is 23.0 Å². The lowest BCUT2D eigenvalue weighted by molar-refractivity contribution is 0.0996. The normalized spacial score (nSPS) is 19.3. The number of aromatic nitrogens is 1. The molecule has 1 aliphatic rings. The van der Waals surface area contributed by atoms with Crippen LogP contribution in [0.15, 0.2) is 18.3 Å². The van der Waals surface area contributed by atoms with Crippen molar-refractivity contribution >= 4 is 5.91 Å². The van der Waals surface area contributed by atoms with Crippen LogP contribution in [0.5, 0.6) is 0 Å². The second kappa shape index (κ2) is 6.12. The van der Waals surface area contributed by atoms with E-state index in [0.717, 1.165) is 38.3 Å². The summed E-state index contributed by atoms with van der Waals surface area (Å²) in [4.78, 5) is 20.5. The van der Waals surface area contributed by atoms with Crippen LogP contribution in [0.3, 0.4) is 0 Å². The summed E-state index contributed by atoms with van der Waals surface area (Å²) in [6.45, 7) is 6.50. The molecule has 2 N–H and O–H groups in total. The first-order valence-electron chi connectivity index (χ1n) is 6.74. The number of pyridine rings is 1. The van der Waals surface area contributed by atoms with Gasteiger partial charge in [-0.15, -0.1) is 0 Å². The molecule has 5 nitrogen and oxygen atoms in total. The SMILES string of the molecule is C[C@H](Cc1ncccc1C(N)=O)N1CCN(C)CC1. The third-order valence-electron chi connectivity index (χ3n) is 3.81. The highest BCUT2D eigenvalue weighted by Gasteiger charge is 2.21. The Bertz CT molecular complexity index is 441. The van der Waals surface area contributed by atoms with Crippen LogP contribution in [0, 0.1) is 0 Å². The van der Waals surface area contributed by atoms with Crippen molar-refractivity contribution in [2.24, 2.45) is 5.73 Å². The van der Waals surface area contributed by atoms with E-state index in [9.17, 15) is 4.79 Å². The summed E-state index contributed by atoms with van der Waals surface area (Å²) < 4.78 is 0. The molecular formula is C14H22N4O. The number of piperazine rings is 1. The van der Waals surface area contributed by atoms with Gasteiger partial charge in [-0.1, -0.05) is 0 Å². The highest BCUT2D eigenvalue weighted by Crippen LogP contribution is 2.13. The number of carbonyl (C=O) groups excluding carboxylic acids is 1. The minimum atomic E-state index is -0.395. The zero-order chi connectivity index (χ0) is 13.8. The van der Waals surface area contributed by atoms with Crippen molar-refractivity contribution in [2.45, 2.75) is 19.4 Å². The molecule has 0 aliphatic carbocycles. The molecule has 0 bridgehead atoms. The zero-order valence-corrected chi connectivity index (χ0v) is 11.7. The van der Waals surface area contributed by atoms with Crippen molar-refractivity contribution in [1.29, 1.82) is 0 Å². The molecule has 2 rings (SSSR count). The van der Waals surface area contributed by atoms with Crippen molar-refractivity contribution in [3.8, 4) is 0 Å². The summed E-state index contributed by atoms with van der Waals surface area (Å²) in [5.41, 5.74) is 6.74. The van der Waals surface area contributed by atoms with Crippen LogP contribution < -0.4 is 5.73 Å². The summed E-state index contributed by atoms with van der Waals surface area (Å²) in [5.74, 6) is -0.395. The number of primary amides is 1. The molecule has 1 aliphatic heterocycles. The van der Waals surface area contributed by atoms with Crippen LogP contribution in [0.4, 0.5) is 0 Å². The lowest BCUT2D eigenvalue weighted by Gasteiger charge is -2.36. The predicted molar refractivity (Wildman–Crippen MR) is 75.0 cm³/mol. The highest BCUT2D eigenvalue weighted by atomic mass is 16.1. The fraction of sp³-hybridized carbons (Fsp3) is 0.571. The molecular weight excluding hydrogens is 240 g/mol. The molecule has 0 radical (unpaired) electrons. The number of carbonyl (C=O) groups is 1. The first kappa shape index (κ1) is 14.0. The quantitative estimate of drug-likeness (QED) is 0.851. The van der Waals surface area contributed by atoms with Crippen molar-refractivity contribution in [3.63, 3.8) is 0 Å². The predicted octanol–water partition coefficient (Wildman–Crippen LogP) is 0.359. The summed E-state index contributed by atoms with van der Waals surface area (Å²) in [7, 11) is 2.14. The average molecular weight is 262 g/mol. The Morgan fingerprint density at radius 3 is 2.74 bits per heavy atom. The van der Waals surface area contributed by atoms with Crippen LogP contribution in [0.25, 0.3) is 0 Å². The standard InChI is InChI=1S/C14H22N4O/c1-11(18-8-6-17(2)7-9-18)10-13-12(14(15)19)4-3-5-16-13/h3-5,11H,6-10H2,1-2H3,(H2,15,19)/t11-/m1/s1. The monoisotopic (exact) mass is 262 g/mol. The maximum Gasteiger partial charge on any atom is 0.250 e. The van der Waals surface area contributed by atoms with Crippen LogP contribution in [-0.4, -0.2) is 60.0 Å². The van der Waals surface area contributed by atoms with E-state index >= 15 is 0 Å². The van der Waals surface area contributed by atoms with E-state index in [1.807, 2.05) is 0 Å². The van der Waals surface area contributed by atoms with Gasteiger partial charge in [-0.25, -0.2) is 0 Å². The summed E-state index contributed by atoms with van der Waals surface area (Å²) >= 11 is 0. The number of nitrogens with two attached hydrogens (primary N) is 1. The van der Waals surface area contributed by atoms with Gasteiger partial charge in [0.25, 0.3) is 5.91 Å². The Balaban J connectivity index is 2.02. The molecule has 1 aromatic heterocycles. The zero-order valence-electron chi connectivity index (χ0n) is 11.7. The number of likely N-dealkylation sites (N-methyl/N-ethyl adjacent to an activating group) is 1. The molecule has 19 heavy (non-hydrogen) atoms. The average Bonchev–Trinajstić information content (AvgIpc) is 2.39. The molecule has 1 saturated heterocycles.